The topological polar surface area (TPSA) is 90.8 Å². The van der Waals surface area contributed by atoms with Gasteiger partial charge in [0.2, 0.25) is 0 Å². The summed E-state index contributed by atoms with van der Waals surface area (Å²) in [6.45, 7) is 0. The monoisotopic (exact) mass is 341 g/mol. The maximum Gasteiger partial charge on any atom is 0.339 e. The van der Waals surface area contributed by atoms with Crippen LogP contribution in [0.4, 0.5) is 5.69 Å². The number of halogens is 1. The van der Waals surface area contributed by atoms with Crippen LogP contribution in [0.15, 0.2) is 21.8 Å². The van der Waals surface area contributed by atoms with E-state index in [2.05, 4.69) is 21.1 Å². The van der Waals surface area contributed by atoms with E-state index in [-0.39, 0.29) is 11.0 Å². The Morgan fingerprint density at radius 1 is 1.35 bits per heavy atom. The van der Waals surface area contributed by atoms with Crippen LogP contribution in [-0.2, 0) is 4.84 Å². The van der Waals surface area contributed by atoms with Crippen molar-refractivity contribution < 1.29 is 9.76 Å². The van der Waals surface area contributed by atoms with Crippen molar-refractivity contribution in [2.75, 3.05) is 0 Å². The number of fused-ring (bicyclic) bond motifs is 1. The Balaban J connectivity index is 2.26. The fourth-order valence-corrected chi connectivity index (χ4v) is 3.22. The molecule has 2 aliphatic rings. The second-order valence-corrected chi connectivity index (χ2v) is 5.89. The van der Waals surface area contributed by atoms with Crippen molar-refractivity contribution in [3.63, 3.8) is 0 Å². The lowest BCUT2D eigenvalue weighted by molar-refractivity contribution is -0.385. The van der Waals surface area contributed by atoms with Gasteiger partial charge < -0.3 is 10.0 Å². The first-order valence-electron chi connectivity index (χ1n) is 6.38. The maximum atomic E-state index is 12.6. The predicted octanol–water partition coefficient (Wildman–Crippen LogP) is 1.57. The second-order valence-electron chi connectivity index (χ2n) is 5.04. The molecular formula is C12H12BrN3O4. The number of nitrogens with zero attached hydrogens (tertiary/aromatic N) is 3. The molecule has 0 atom stereocenters. The summed E-state index contributed by atoms with van der Waals surface area (Å²) in [4.78, 5) is 15.9. The van der Waals surface area contributed by atoms with E-state index in [9.17, 15) is 15.3 Å². The van der Waals surface area contributed by atoms with E-state index in [1.807, 2.05) is 0 Å². The molecule has 1 heterocycles. The summed E-state index contributed by atoms with van der Waals surface area (Å²) in [6, 6.07) is 2.58. The summed E-state index contributed by atoms with van der Waals surface area (Å²) in [7, 11) is 0. The standard InChI is InChI=1S/C12H12BrN3O4/c13-9-6-8(16(18)19)7-10-11(9)14-20-12(15(10)17)4-2-1-3-5-12/h6-7H,1-5H2. The first-order valence-corrected chi connectivity index (χ1v) is 7.17. The van der Waals surface area contributed by atoms with E-state index >= 15 is 0 Å². The average Bonchev–Trinajstić information content (AvgIpc) is 2.44. The number of hydrogen-bond acceptors (Lipinski definition) is 5. The SMILES string of the molecule is O=[N+]([O-])c1cc(Br)c2c(c1)=[N+]([O-])C1(CCCCC1)ON=2. The van der Waals surface area contributed by atoms with Crippen molar-refractivity contribution in [1.82, 2.24) is 4.74 Å². The fraction of sp³-hybridized carbons (Fsp3) is 0.500. The molecule has 7 nitrogen and oxygen atoms in total. The highest BCUT2D eigenvalue weighted by Crippen LogP contribution is 2.32. The van der Waals surface area contributed by atoms with Crippen molar-refractivity contribution in [1.29, 1.82) is 0 Å². The van der Waals surface area contributed by atoms with Crippen LogP contribution in [0, 0.1) is 15.3 Å². The fourth-order valence-electron chi connectivity index (χ4n) is 2.71. The van der Waals surface area contributed by atoms with Gasteiger partial charge in [0.25, 0.3) is 11.0 Å². The predicted molar refractivity (Wildman–Crippen MR) is 73.1 cm³/mol. The zero-order valence-electron chi connectivity index (χ0n) is 10.5. The third-order valence-corrected chi connectivity index (χ3v) is 4.37. The minimum atomic E-state index is -1.00. The van der Waals surface area contributed by atoms with E-state index in [0.29, 0.717) is 22.7 Å². The molecule has 1 fully saturated rings. The van der Waals surface area contributed by atoms with Gasteiger partial charge >= 0.3 is 5.72 Å². The molecule has 0 radical (unpaired) electrons. The largest absolute Gasteiger partial charge is 0.620 e. The van der Waals surface area contributed by atoms with Crippen LogP contribution in [0.2, 0.25) is 0 Å². The first kappa shape index (κ1) is 13.3. The summed E-state index contributed by atoms with van der Waals surface area (Å²) in [5, 5.41) is 28.0. The summed E-state index contributed by atoms with van der Waals surface area (Å²) >= 11 is 3.20. The number of non-ortho nitro benzene ring substituents is 1. The average molecular weight is 342 g/mol. The van der Waals surface area contributed by atoms with Crippen LogP contribution in [0.3, 0.4) is 0 Å². The number of nitro groups is 1. The highest BCUT2D eigenvalue weighted by Gasteiger charge is 2.45. The molecule has 0 amide bonds. The van der Waals surface area contributed by atoms with Crippen LogP contribution in [-0.4, -0.2) is 10.6 Å². The van der Waals surface area contributed by atoms with Crippen molar-refractivity contribution in [3.05, 3.63) is 42.6 Å². The van der Waals surface area contributed by atoms with Crippen LogP contribution < -0.4 is 15.5 Å². The smallest absolute Gasteiger partial charge is 0.339 e. The Morgan fingerprint density at radius 2 is 2.05 bits per heavy atom. The lowest BCUT2D eigenvalue weighted by Gasteiger charge is -2.33. The van der Waals surface area contributed by atoms with Gasteiger partial charge in [-0.15, -0.1) is 0 Å². The summed E-state index contributed by atoms with van der Waals surface area (Å²) in [6.07, 6.45) is 4.00. The molecule has 1 aromatic carbocycles. The van der Waals surface area contributed by atoms with Gasteiger partial charge in [0, 0.05) is 6.07 Å². The van der Waals surface area contributed by atoms with E-state index in [1.54, 1.807) is 0 Å². The molecule has 1 spiro atoms. The van der Waals surface area contributed by atoms with Gasteiger partial charge in [0.15, 0.2) is 5.36 Å². The lowest BCUT2D eigenvalue weighted by atomic mass is 9.92. The Bertz CT molecular complexity index is 697. The van der Waals surface area contributed by atoms with Gasteiger partial charge in [-0.2, -0.15) is 4.74 Å². The van der Waals surface area contributed by atoms with E-state index in [4.69, 9.17) is 4.84 Å². The normalized spacial score (nSPS) is 19.9. The number of rotatable bonds is 1. The molecule has 106 valence electrons. The van der Waals surface area contributed by atoms with E-state index in [1.165, 1.54) is 12.1 Å². The van der Waals surface area contributed by atoms with Gasteiger partial charge in [-0.05, 0) is 28.8 Å². The van der Waals surface area contributed by atoms with Crippen LogP contribution >= 0.6 is 15.9 Å². The number of hydrogen-bond donors (Lipinski definition) is 0. The minimum Gasteiger partial charge on any atom is -0.620 e. The van der Waals surface area contributed by atoms with Crippen LogP contribution in [0.1, 0.15) is 32.1 Å². The lowest BCUT2D eigenvalue weighted by Crippen LogP contribution is -2.57. The van der Waals surface area contributed by atoms with Crippen LogP contribution in [0.25, 0.3) is 0 Å². The highest BCUT2D eigenvalue weighted by molar-refractivity contribution is 9.10. The van der Waals surface area contributed by atoms with Crippen molar-refractivity contribution >= 4 is 21.6 Å². The quantitative estimate of drug-likeness (QED) is 0.335. The maximum absolute atomic E-state index is 12.6. The molecule has 0 aromatic heterocycles. The van der Waals surface area contributed by atoms with Crippen molar-refractivity contribution in [3.8, 4) is 0 Å². The molecule has 1 saturated carbocycles. The molecule has 0 bridgehead atoms. The molecular weight excluding hydrogens is 330 g/mol. The first-order chi connectivity index (χ1) is 9.53. The van der Waals surface area contributed by atoms with Gasteiger partial charge in [0.05, 0.1) is 28.3 Å². The van der Waals surface area contributed by atoms with E-state index in [0.717, 1.165) is 24.0 Å². The van der Waals surface area contributed by atoms with Crippen molar-refractivity contribution in [2.45, 2.75) is 37.8 Å². The molecule has 3 rings (SSSR count). The van der Waals surface area contributed by atoms with Gasteiger partial charge in [-0.3, -0.25) is 10.1 Å². The van der Waals surface area contributed by atoms with E-state index < -0.39 is 10.6 Å². The number of benzene rings is 1. The Hall–Kier alpha value is -1.70. The summed E-state index contributed by atoms with van der Waals surface area (Å²) < 4.78 is 1.14. The molecule has 1 aromatic rings. The number of hydroxylamine groups is 1. The molecule has 20 heavy (non-hydrogen) atoms. The molecule has 8 heteroatoms. The Kier molecular flexibility index (Phi) is 3.12. The highest BCUT2D eigenvalue weighted by atomic mass is 79.9. The third kappa shape index (κ3) is 1.94. The minimum absolute atomic E-state index is 0.139. The molecule has 0 N–H and O–H groups in total. The second kappa shape index (κ2) is 4.69. The van der Waals surface area contributed by atoms with Gasteiger partial charge in [-0.25, -0.2) is 0 Å². The molecule has 0 unspecified atom stereocenters. The third-order valence-electron chi connectivity index (χ3n) is 3.77. The molecule has 1 aliphatic heterocycles. The molecule has 0 saturated heterocycles. The zero-order valence-corrected chi connectivity index (χ0v) is 12.1. The molecule has 1 aliphatic carbocycles. The Labute approximate surface area is 122 Å². The van der Waals surface area contributed by atoms with Gasteiger partial charge in [0.1, 0.15) is 0 Å². The summed E-state index contributed by atoms with van der Waals surface area (Å²) in [5.41, 5.74) is -1.14. The van der Waals surface area contributed by atoms with Crippen molar-refractivity contribution in [2.24, 2.45) is 5.16 Å². The van der Waals surface area contributed by atoms with Crippen LogP contribution in [0.5, 0.6) is 0 Å². The van der Waals surface area contributed by atoms with Gasteiger partial charge in [-0.1, -0.05) is 11.6 Å². The zero-order chi connectivity index (χ0) is 14.3. The summed E-state index contributed by atoms with van der Waals surface area (Å²) in [5.74, 6) is 0. The number of nitro benzene ring substituents is 1. The Morgan fingerprint density at radius 3 is 2.70 bits per heavy atom.